The molecule has 2 fully saturated rings. The molecule has 6 nitrogen and oxygen atoms in total. The molecule has 1 unspecified atom stereocenters. The highest BCUT2D eigenvalue weighted by Crippen LogP contribution is 2.29. The van der Waals surface area contributed by atoms with Gasteiger partial charge in [-0.1, -0.05) is 6.07 Å². The van der Waals surface area contributed by atoms with Crippen LogP contribution < -0.4 is 0 Å². The Hall–Kier alpha value is -1.47. The smallest absolute Gasteiger partial charge is 0.241 e. The molecule has 2 saturated heterocycles. The van der Waals surface area contributed by atoms with Crippen LogP contribution in [-0.2, 0) is 14.8 Å². The summed E-state index contributed by atoms with van der Waals surface area (Å²) in [5.41, 5.74) is 0.993. The zero-order valence-electron chi connectivity index (χ0n) is 12.0. The van der Waals surface area contributed by atoms with Crippen molar-refractivity contribution in [3.8, 4) is 0 Å². The lowest BCUT2D eigenvalue weighted by Gasteiger charge is -2.41. The maximum atomic E-state index is 12.5. The summed E-state index contributed by atoms with van der Waals surface area (Å²) in [5, 5.41) is 0. The predicted octanol–water partition coefficient (Wildman–Crippen LogP) is 0.431. The molecule has 0 bridgehead atoms. The van der Waals surface area contributed by atoms with Crippen LogP contribution in [0, 0.1) is 0 Å². The maximum Gasteiger partial charge on any atom is 0.241 e. The molecule has 1 aromatic rings. The van der Waals surface area contributed by atoms with Crippen molar-refractivity contribution in [2.45, 2.75) is 24.8 Å². The van der Waals surface area contributed by atoms with Crippen molar-refractivity contribution in [1.82, 2.24) is 14.2 Å². The summed E-state index contributed by atoms with van der Waals surface area (Å²) >= 11 is 0. The van der Waals surface area contributed by atoms with Crippen molar-refractivity contribution in [2.24, 2.45) is 0 Å². The number of nitrogens with zero attached hydrogens (tertiary/aromatic N) is 3. The lowest BCUT2D eigenvalue weighted by molar-refractivity contribution is -0.139. The van der Waals surface area contributed by atoms with Gasteiger partial charge in [0.2, 0.25) is 15.9 Å². The Balaban J connectivity index is 1.63. The SMILES string of the molecule is CS(=O)(=O)N1CCCC1C(=O)N1CC(c2ccccn2)C1. The van der Waals surface area contributed by atoms with Crippen LogP contribution in [0.5, 0.6) is 0 Å². The third-order valence-corrected chi connectivity index (χ3v) is 5.50. The molecule has 0 saturated carbocycles. The van der Waals surface area contributed by atoms with Gasteiger partial charge < -0.3 is 4.90 Å². The van der Waals surface area contributed by atoms with E-state index in [-0.39, 0.29) is 11.8 Å². The van der Waals surface area contributed by atoms with Gasteiger partial charge >= 0.3 is 0 Å². The zero-order valence-corrected chi connectivity index (χ0v) is 12.8. The average Bonchev–Trinajstić information content (AvgIpc) is 2.87. The van der Waals surface area contributed by atoms with E-state index < -0.39 is 16.1 Å². The van der Waals surface area contributed by atoms with E-state index in [0.717, 1.165) is 12.1 Å². The summed E-state index contributed by atoms with van der Waals surface area (Å²) < 4.78 is 24.8. The van der Waals surface area contributed by atoms with Crippen LogP contribution in [0.25, 0.3) is 0 Å². The summed E-state index contributed by atoms with van der Waals surface area (Å²) in [6, 6.07) is 5.26. The quantitative estimate of drug-likeness (QED) is 0.812. The van der Waals surface area contributed by atoms with Gasteiger partial charge in [-0.25, -0.2) is 8.42 Å². The first-order valence-electron chi connectivity index (χ1n) is 7.13. The molecule has 0 aliphatic carbocycles. The van der Waals surface area contributed by atoms with E-state index in [4.69, 9.17) is 0 Å². The molecule has 2 aliphatic rings. The Bertz CT molecular complexity index is 626. The number of hydrogen-bond donors (Lipinski definition) is 0. The van der Waals surface area contributed by atoms with Gasteiger partial charge in [-0.05, 0) is 25.0 Å². The fourth-order valence-corrected chi connectivity index (χ4v) is 4.18. The van der Waals surface area contributed by atoms with E-state index in [1.54, 1.807) is 11.1 Å². The van der Waals surface area contributed by atoms with Crippen molar-refractivity contribution < 1.29 is 13.2 Å². The van der Waals surface area contributed by atoms with Gasteiger partial charge in [0.25, 0.3) is 0 Å². The number of likely N-dealkylation sites (tertiary alicyclic amines) is 1. The number of aromatic nitrogens is 1. The molecular weight excluding hydrogens is 290 g/mol. The Morgan fingerprint density at radius 2 is 2.10 bits per heavy atom. The average molecular weight is 309 g/mol. The number of rotatable bonds is 3. The summed E-state index contributed by atoms with van der Waals surface area (Å²) in [5.74, 6) is 0.202. The van der Waals surface area contributed by atoms with Crippen molar-refractivity contribution in [3.63, 3.8) is 0 Å². The molecule has 0 N–H and O–H groups in total. The first kappa shape index (κ1) is 14.5. The molecular formula is C14H19N3O3S. The Kier molecular flexibility index (Phi) is 3.71. The standard InChI is InChI=1S/C14H19N3O3S/c1-21(19,20)17-8-4-6-13(17)14(18)16-9-11(10-16)12-5-2-3-7-15-12/h2-3,5,7,11,13H,4,6,8-10H2,1H3. The monoisotopic (exact) mass is 309 g/mol. The highest BCUT2D eigenvalue weighted by atomic mass is 32.2. The van der Waals surface area contributed by atoms with Crippen molar-refractivity contribution in [1.29, 1.82) is 0 Å². The van der Waals surface area contributed by atoms with Crippen LogP contribution in [0.3, 0.4) is 0 Å². The van der Waals surface area contributed by atoms with E-state index in [1.165, 1.54) is 10.6 Å². The minimum atomic E-state index is -3.31. The van der Waals surface area contributed by atoms with E-state index in [1.807, 2.05) is 18.2 Å². The van der Waals surface area contributed by atoms with Gasteiger partial charge in [0, 0.05) is 37.4 Å². The highest BCUT2D eigenvalue weighted by molar-refractivity contribution is 7.88. The first-order valence-corrected chi connectivity index (χ1v) is 8.98. The van der Waals surface area contributed by atoms with Gasteiger partial charge in [-0.15, -0.1) is 0 Å². The molecule has 3 rings (SSSR count). The number of pyridine rings is 1. The molecule has 0 aromatic carbocycles. The minimum Gasteiger partial charge on any atom is -0.340 e. The molecule has 114 valence electrons. The highest BCUT2D eigenvalue weighted by Gasteiger charge is 2.42. The fraction of sp³-hybridized carbons (Fsp3) is 0.571. The Morgan fingerprint density at radius 1 is 1.33 bits per heavy atom. The summed E-state index contributed by atoms with van der Waals surface area (Å²) in [4.78, 5) is 18.5. The zero-order chi connectivity index (χ0) is 15.0. The van der Waals surface area contributed by atoms with Gasteiger partial charge in [0.15, 0.2) is 0 Å². The van der Waals surface area contributed by atoms with Crippen molar-refractivity contribution in [3.05, 3.63) is 30.1 Å². The minimum absolute atomic E-state index is 0.0647. The normalized spacial score (nSPS) is 24.0. The van der Waals surface area contributed by atoms with Crippen LogP contribution in [0.1, 0.15) is 24.5 Å². The second kappa shape index (κ2) is 5.38. The summed E-state index contributed by atoms with van der Waals surface area (Å²) in [6.45, 7) is 1.71. The third kappa shape index (κ3) is 2.80. The first-order chi connectivity index (χ1) is 9.97. The van der Waals surface area contributed by atoms with E-state index in [2.05, 4.69) is 4.98 Å². The van der Waals surface area contributed by atoms with E-state index >= 15 is 0 Å². The van der Waals surface area contributed by atoms with Crippen LogP contribution in [0.2, 0.25) is 0 Å². The summed E-state index contributed by atoms with van der Waals surface area (Å²) in [6.07, 6.45) is 4.30. The van der Waals surface area contributed by atoms with Crippen LogP contribution in [0.4, 0.5) is 0 Å². The predicted molar refractivity (Wildman–Crippen MR) is 78.1 cm³/mol. The molecule has 0 radical (unpaired) electrons. The fourth-order valence-electron chi connectivity index (χ4n) is 3.06. The van der Waals surface area contributed by atoms with E-state index in [0.29, 0.717) is 26.1 Å². The third-order valence-electron chi connectivity index (χ3n) is 4.21. The lowest BCUT2D eigenvalue weighted by Crippen LogP contribution is -2.55. The van der Waals surface area contributed by atoms with E-state index in [9.17, 15) is 13.2 Å². The Labute approximate surface area is 124 Å². The van der Waals surface area contributed by atoms with Crippen molar-refractivity contribution in [2.75, 3.05) is 25.9 Å². The second-order valence-corrected chi connectivity index (χ2v) is 7.66. The molecule has 3 heterocycles. The number of carbonyl (C=O) groups excluding carboxylic acids is 1. The maximum absolute atomic E-state index is 12.5. The number of sulfonamides is 1. The molecule has 7 heteroatoms. The van der Waals surface area contributed by atoms with Crippen LogP contribution >= 0.6 is 0 Å². The number of amides is 1. The topological polar surface area (TPSA) is 70.6 Å². The molecule has 21 heavy (non-hydrogen) atoms. The molecule has 1 amide bonds. The molecule has 1 atom stereocenters. The molecule has 2 aliphatic heterocycles. The second-order valence-electron chi connectivity index (χ2n) is 5.73. The largest absolute Gasteiger partial charge is 0.340 e. The lowest BCUT2D eigenvalue weighted by atomic mass is 9.94. The number of carbonyl (C=O) groups is 1. The van der Waals surface area contributed by atoms with Crippen LogP contribution in [0.15, 0.2) is 24.4 Å². The molecule has 1 aromatic heterocycles. The summed E-state index contributed by atoms with van der Waals surface area (Å²) in [7, 11) is -3.31. The van der Waals surface area contributed by atoms with Gasteiger partial charge in [-0.3, -0.25) is 9.78 Å². The van der Waals surface area contributed by atoms with Crippen LogP contribution in [-0.4, -0.2) is 60.4 Å². The molecule has 0 spiro atoms. The number of hydrogen-bond acceptors (Lipinski definition) is 4. The van der Waals surface area contributed by atoms with Gasteiger partial charge in [0.05, 0.1) is 6.26 Å². The van der Waals surface area contributed by atoms with Gasteiger partial charge in [-0.2, -0.15) is 4.31 Å². The Morgan fingerprint density at radius 3 is 2.71 bits per heavy atom. The van der Waals surface area contributed by atoms with Crippen molar-refractivity contribution >= 4 is 15.9 Å². The van der Waals surface area contributed by atoms with Gasteiger partial charge in [0.1, 0.15) is 6.04 Å².